The number of rotatable bonds is 5. The van der Waals surface area contributed by atoms with Crippen molar-refractivity contribution in [3.63, 3.8) is 0 Å². The van der Waals surface area contributed by atoms with Crippen LogP contribution in [0.4, 0.5) is 5.82 Å². The van der Waals surface area contributed by atoms with Gasteiger partial charge < -0.3 is 9.64 Å². The number of piperidine rings is 1. The summed E-state index contributed by atoms with van der Waals surface area (Å²) in [5.74, 6) is 2.31. The van der Waals surface area contributed by atoms with Crippen molar-refractivity contribution < 1.29 is 4.74 Å². The first-order valence-electron chi connectivity index (χ1n) is 9.35. The van der Waals surface area contributed by atoms with Gasteiger partial charge in [-0.2, -0.15) is 0 Å². The van der Waals surface area contributed by atoms with E-state index in [-0.39, 0.29) is 0 Å². The molecule has 0 aliphatic carbocycles. The van der Waals surface area contributed by atoms with E-state index in [0.29, 0.717) is 5.92 Å². The molecule has 2 aromatic heterocycles. The first kappa shape index (κ1) is 16.9. The lowest BCUT2D eigenvalue weighted by atomic mass is 9.98. The van der Waals surface area contributed by atoms with Gasteiger partial charge in [-0.3, -0.25) is 4.98 Å². The van der Waals surface area contributed by atoms with Crippen molar-refractivity contribution in [3.05, 3.63) is 48.8 Å². The molecule has 1 aromatic carbocycles. The predicted molar refractivity (Wildman–Crippen MR) is 104 cm³/mol. The van der Waals surface area contributed by atoms with Crippen molar-refractivity contribution in [3.8, 4) is 11.4 Å². The van der Waals surface area contributed by atoms with Crippen LogP contribution >= 0.6 is 0 Å². The van der Waals surface area contributed by atoms with Gasteiger partial charge in [-0.25, -0.2) is 9.97 Å². The molecular formula is C21H24N4O. The molecule has 1 saturated heterocycles. The Hall–Kier alpha value is -2.53. The van der Waals surface area contributed by atoms with Crippen LogP contribution in [-0.4, -0.2) is 41.3 Å². The Morgan fingerprint density at radius 2 is 2.08 bits per heavy atom. The summed E-state index contributed by atoms with van der Waals surface area (Å²) < 4.78 is 5.67. The van der Waals surface area contributed by atoms with Gasteiger partial charge in [0.05, 0.1) is 12.1 Å². The Kier molecular flexibility index (Phi) is 5.07. The van der Waals surface area contributed by atoms with Gasteiger partial charge in [-0.1, -0.05) is 12.1 Å². The molecule has 5 heteroatoms. The van der Waals surface area contributed by atoms with Gasteiger partial charge in [0.2, 0.25) is 0 Å². The van der Waals surface area contributed by atoms with Crippen LogP contribution in [0.3, 0.4) is 0 Å². The van der Waals surface area contributed by atoms with Crippen LogP contribution in [0.25, 0.3) is 22.3 Å². The Labute approximate surface area is 154 Å². The van der Waals surface area contributed by atoms with E-state index in [0.717, 1.165) is 60.8 Å². The van der Waals surface area contributed by atoms with Crippen molar-refractivity contribution in [2.75, 3.05) is 31.2 Å². The third kappa shape index (κ3) is 3.53. The highest BCUT2D eigenvalue weighted by Gasteiger charge is 2.23. The average molecular weight is 348 g/mol. The van der Waals surface area contributed by atoms with E-state index in [2.05, 4.69) is 35.0 Å². The zero-order chi connectivity index (χ0) is 17.8. The molecule has 0 bridgehead atoms. The number of hydrogen-bond donors (Lipinski definition) is 0. The first-order valence-corrected chi connectivity index (χ1v) is 9.35. The van der Waals surface area contributed by atoms with Gasteiger partial charge in [0.15, 0.2) is 5.82 Å². The number of fused-ring (bicyclic) bond motifs is 1. The number of ether oxygens (including phenoxy) is 1. The SMILES string of the molecule is CCOCC1CCCN(c2nc(-c3cccnc3)nc3ccccc23)C1. The zero-order valence-electron chi connectivity index (χ0n) is 15.1. The van der Waals surface area contributed by atoms with Crippen LogP contribution in [0, 0.1) is 5.92 Å². The van der Waals surface area contributed by atoms with Gasteiger partial charge in [-0.15, -0.1) is 0 Å². The molecule has 1 atom stereocenters. The second-order valence-electron chi connectivity index (χ2n) is 6.74. The molecule has 26 heavy (non-hydrogen) atoms. The molecule has 5 nitrogen and oxygen atoms in total. The van der Waals surface area contributed by atoms with Crippen molar-refractivity contribution in [2.24, 2.45) is 5.92 Å². The number of benzene rings is 1. The number of pyridine rings is 1. The third-order valence-corrected chi connectivity index (χ3v) is 4.88. The number of anilines is 1. The third-order valence-electron chi connectivity index (χ3n) is 4.88. The highest BCUT2D eigenvalue weighted by atomic mass is 16.5. The summed E-state index contributed by atoms with van der Waals surface area (Å²) in [7, 11) is 0. The smallest absolute Gasteiger partial charge is 0.163 e. The highest BCUT2D eigenvalue weighted by Crippen LogP contribution is 2.30. The van der Waals surface area contributed by atoms with E-state index in [4.69, 9.17) is 14.7 Å². The average Bonchev–Trinajstić information content (AvgIpc) is 2.72. The van der Waals surface area contributed by atoms with Gasteiger partial charge in [-0.05, 0) is 49.9 Å². The Morgan fingerprint density at radius 1 is 1.15 bits per heavy atom. The van der Waals surface area contributed by atoms with Crippen molar-refractivity contribution in [2.45, 2.75) is 19.8 Å². The van der Waals surface area contributed by atoms with E-state index in [1.807, 2.05) is 24.4 Å². The lowest BCUT2D eigenvalue weighted by Crippen LogP contribution is -2.38. The summed E-state index contributed by atoms with van der Waals surface area (Å²) >= 11 is 0. The molecule has 0 radical (unpaired) electrons. The lowest BCUT2D eigenvalue weighted by molar-refractivity contribution is 0.104. The fourth-order valence-corrected chi connectivity index (χ4v) is 3.60. The molecule has 0 spiro atoms. The van der Waals surface area contributed by atoms with Crippen molar-refractivity contribution in [1.29, 1.82) is 0 Å². The van der Waals surface area contributed by atoms with E-state index < -0.39 is 0 Å². The molecule has 3 aromatic rings. The van der Waals surface area contributed by atoms with Crippen molar-refractivity contribution in [1.82, 2.24) is 15.0 Å². The molecule has 0 saturated carbocycles. The van der Waals surface area contributed by atoms with Gasteiger partial charge >= 0.3 is 0 Å². The normalized spacial score (nSPS) is 17.6. The summed E-state index contributed by atoms with van der Waals surface area (Å²) in [5, 5.41) is 1.11. The van der Waals surface area contributed by atoms with E-state index in [9.17, 15) is 0 Å². The highest BCUT2D eigenvalue weighted by molar-refractivity contribution is 5.91. The summed E-state index contributed by atoms with van der Waals surface area (Å²) in [6, 6.07) is 12.2. The molecule has 1 aliphatic heterocycles. The van der Waals surface area contributed by atoms with Crippen LogP contribution in [0.2, 0.25) is 0 Å². The molecule has 134 valence electrons. The quantitative estimate of drug-likeness (QED) is 0.699. The number of para-hydroxylation sites is 1. The minimum absolute atomic E-state index is 0.555. The Morgan fingerprint density at radius 3 is 2.92 bits per heavy atom. The van der Waals surface area contributed by atoms with Crippen LogP contribution in [-0.2, 0) is 4.74 Å². The lowest BCUT2D eigenvalue weighted by Gasteiger charge is -2.34. The maximum absolute atomic E-state index is 5.67. The maximum atomic E-state index is 5.67. The van der Waals surface area contributed by atoms with Gasteiger partial charge in [0.25, 0.3) is 0 Å². The standard InChI is InChI=1S/C21H24N4O/c1-2-26-15-16-7-6-12-25(14-16)21-18-9-3-4-10-19(18)23-20(24-21)17-8-5-11-22-13-17/h3-5,8-11,13,16H,2,6-7,12,14-15H2,1H3. The molecular weight excluding hydrogens is 324 g/mol. The van der Waals surface area contributed by atoms with Crippen LogP contribution in [0.15, 0.2) is 48.8 Å². The Balaban J connectivity index is 1.73. The molecule has 3 heterocycles. The molecule has 4 rings (SSSR count). The summed E-state index contributed by atoms with van der Waals surface area (Å²) in [6.45, 7) is 5.66. The fraction of sp³-hybridized carbons (Fsp3) is 0.381. The van der Waals surface area contributed by atoms with Crippen LogP contribution in [0.5, 0.6) is 0 Å². The fourth-order valence-electron chi connectivity index (χ4n) is 3.60. The largest absolute Gasteiger partial charge is 0.381 e. The minimum atomic E-state index is 0.555. The molecule has 1 aliphatic rings. The number of nitrogens with zero attached hydrogens (tertiary/aromatic N) is 4. The monoisotopic (exact) mass is 348 g/mol. The molecule has 1 fully saturated rings. The summed E-state index contributed by atoms with van der Waals surface area (Å²) in [5.41, 5.74) is 1.92. The molecule has 1 unspecified atom stereocenters. The van der Waals surface area contributed by atoms with E-state index in [1.165, 1.54) is 6.42 Å². The number of hydrogen-bond acceptors (Lipinski definition) is 5. The van der Waals surface area contributed by atoms with E-state index in [1.54, 1.807) is 6.20 Å². The summed E-state index contributed by atoms with van der Waals surface area (Å²) in [6.07, 6.45) is 5.98. The Bertz CT molecular complexity index is 868. The molecule has 0 N–H and O–H groups in total. The van der Waals surface area contributed by atoms with E-state index >= 15 is 0 Å². The topological polar surface area (TPSA) is 51.1 Å². The van der Waals surface area contributed by atoms with Crippen LogP contribution in [0.1, 0.15) is 19.8 Å². The van der Waals surface area contributed by atoms with Crippen LogP contribution < -0.4 is 4.90 Å². The first-order chi connectivity index (χ1) is 12.8. The second-order valence-corrected chi connectivity index (χ2v) is 6.74. The zero-order valence-corrected chi connectivity index (χ0v) is 15.1. The number of aromatic nitrogens is 3. The maximum Gasteiger partial charge on any atom is 0.163 e. The summed E-state index contributed by atoms with van der Waals surface area (Å²) in [4.78, 5) is 16.3. The second kappa shape index (κ2) is 7.79. The molecule has 0 amide bonds. The van der Waals surface area contributed by atoms with Gasteiger partial charge in [0.1, 0.15) is 5.82 Å². The predicted octanol–water partition coefficient (Wildman–Crippen LogP) is 3.94. The minimum Gasteiger partial charge on any atom is -0.381 e. The van der Waals surface area contributed by atoms with Gasteiger partial charge in [0, 0.05) is 43.0 Å². The van der Waals surface area contributed by atoms with Crippen molar-refractivity contribution >= 4 is 16.7 Å².